The zero-order valence-electron chi connectivity index (χ0n) is 14.3. The van der Waals surface area contributed by atoms with Gasteiger partial charge in [-0.05, 0) is 66.3 Å². The normalized spacial score (nSPS) is 20.4. The van der Waals surface area contributed by atoms with E-state index in [0.29, 0.717) is 17.4 Å². The lowest BCUT2D eigenvalue weighted by Gasteiger charge is -2.27. The Bertz CT molecular complexity index is 705. The Balaban J connectivity index is 1.78. The number of aliphatic hydroxyl groups excluding tert-OH is 1. The first-order chi connectivity index (χ1) is 12.1. The van der Waals surface area contributed by atoms with Crippen molar-refractivity contribution >= 4 is 0 Å². The maximum Gasteiger partial charge on any atom is 0.130 e. The van der Waals surface area contributed by atoms with Crippen molar-refractivity contribution in [3.05, 3.63) is 71.8 Å². The zero-order valence-corrected chi connectivity index (χ0v) is 14.3. The van der Waals surface area contributed by atoms with Crippen molar-refractivity contribution in [1.29, 1.82) is 0 Å². The zero-order chi connectivity index (χ0) is 17.8. The Hall–Kier alpha value is -2.00. The van der Waals surface area contributed by atoms with E-state index < -0.39 is 11.6 Å². The minimum Gasteiger partial charge on any atom is -0.396 e. The molecule has 0 radical (unpaired) electrons. The van der Waals surface area contributed by atoms with E-state index in [0.717, 1.165) is 18.4 Å². The van der Waals surface area contributed by atoms with Gasteiger partial charge in [-0.15, -0.1) is 6.58 Å². The molecule has 0 spiro atoms. The summed E-state index contributed by atoms with van der Waals surface area (Å²) < 4.78 is 28.1. The molecule has 1 aliphatic rings. The fraction of sp³-hybridized carbons (Fsp3) is 0.364. The average molecular weight is 342 g/mol. The van der Waals surface area contributed by atoms with Crippen molar-refractivity contribution in [2.75, 3.05) is 6.61 Å². The molecule has 0 aromatic heterocycles. The van der Waals surface area contributed by atoms with Crippen LogP contribution < -0.4 is 0 Å². The first-order valence-corrected chi connectivity index (χ1v) is 8.94. The van der Waals surface area contributed by atoms with E-state index in [1.54, 1.807) is 0 Å². The molecule has 2 aromatic carbocycles. The van der Waals surface area contributed by atoms with Crippen molar-refractivity contribution in [2.45, 2.75) is 38.0 Å². The van der Waals surface area contributed by atoms with Gasteiger partial charge in [0.25, 0.3) is 0 Å². The Morgan fingerprint density at radius 1 is 0.960 bits per heavy atom. The molecule has 25 heavy (non-hydrogen) atoms. The summed E-state index contributed by atoms with van der Waals surface area (Å²) in [6.07, 6.45) is 6.73. The SMILES string of the molecule is C=CC1CCC(c2ccc(-c3cc(F)c(CCO)c(F)c3)cc2)CC1. The Morgan fingerprint density at radius 2 is 1.56 bits per heavy atom. The quantitative estimate of drug-likeness (QED) is 0.699. The Kier molecular flexibility index (Phi) is 5.64. The predicted molar refractivity (Wildman–Crippen MR) is 97.5 cm³/mol. The van der Waals surface area contributed by atoms with Gasteiger partial charge in [-0.2, -0.15) is 0 Å². The Labute approximate surface area is 148 Å². The van der Waals surface area contributed by atoms with Crippen LogP contribution in [0.2, 0.25) is 0 Å². The molecule has 3 heteroatoms. The first-order valence-electron chi connectivity index (χ1n) is 8.94. The van der Waals surface area contributed by atoms with Crippen LogP contribution >= 0.6 is 0 Å². The molecule has 0 atom stereocenters. The molecular weight excluding hydrogens is 318 g/mol. The highest BCUT2D eigenvalue weighted by atomic mass is 19.1. The van der Waals surface area contributed by atoms with E-state index in [4.69, 9.17) is 5.11 Å². The van der Waals surface area contributed by atoms with Crippen LogP contribution in [0.5, 0.6) is 0 Å². The van der Waals surface area contributed by atoms with Crippen LogP contribution in [0.4, 0.5) is 8.78 Å². The van der Waals surface area contributed by atoms with Gasteiger partial charge in [0.15, 0.2) is 0 Å². The van der Waals surface area contributed by atoms with Gasteiger partial charge in [0.2, 0.25) is 0 Å². The molecular formula is C22H24F2O. The van der Waals surface area contributed by atoms with E-state index in [2.05, 4.69) is 24.8 Å². The molecule has 0 saturated heterocycles. The van der Waals surface area contributed by atoms with E-state index in [1.807, 2.05) is 12.1 Å². The summed E-state index contributed by atoms with van der Waals surface area (Å²) >= 11 is 0. The van der Waals surface area contributed by atoms with Gasteiger partial charge < -0.3 is 5.11 Å². The van der Waals surface area contributed by atoms with Crippen LogP contribution in [-0.4, -0.2) is 11.7 Å². The van der Waals surface area contributed by atoms with Gasteiger partial charge in [0, 0.05) is 18.6 Å². The molecule has 1 nitrogen and oxygen atoms in total. The average Bonchev–Trinajstić information content (AvgIpc) is 2.65. The molecule has 1 saturated carbocycles. The summed E-state index contributed by atoms with van der Waals surface area (Å²) in [4.78, 5) is 0. The van der Waals surface area contributed by atoms with E-state index in [-0.39, 0.29) is 18.6 Å². The molecule has 0 aliphatic heterocycles. The van der Waals surface area contributed by atoms with Crippen LogP contribution in [0.1, 0.15) is 42.7 Å². The standard InChI is InChI=1S/C22H24F2O/c1-2-15-3-5-16(6-4-15)17-7-9-18(10-8-17)19-13-21(23)20(11-12-25)22(24)14-19/h2,7-10,13-16,25H,1,3-6,11-12H2. The Morgan fingerprint density at radius 3 is 2.08 bits per heavy atom. The first kappa shape index (κ1) is 17.8. The fourth-order valence-corrected chi connectivity index (χ4v) is 3.76. The number of hydrogen-bond donors (Lipinski definition) is 1. The molecule has 2 aromatic rings. The van der Waals surface area contributed by atoms with Gasteiger partial charge in [-0.1, -0.05) is 30.3 Å². The minimum absolute atomic E-state index is 0.00966. The number of benzene rings is 2. The van der Waals surface area contributed by atoms with Gasteiger partial charge in [-0.25, -0.2) is 8.78 Å². The third-order valence-corrected chi connectivity index (χ3v) is 5.32. The van der Waals surface area contributed by atoms with Crippen molar-refractivity contribution in [1.82, 2.24) is 0 Å². The smallest absolute Gasteiger partial charge is 0.130 e. The second kappa shape index (κ2) is 7.92. The fourth-order valence-electron chi connectivity index (χ4n) is 3.76. The third kappa shape index (κ3) is 3.98. The maximum absolute atomic E-state index is 14.1. The molecule has 132 valence electrons. The number of halogens is 2. The number of allylic oxidation sites excluding steroid dienone is 1. The predicted octanol–water partition coefficient (Wildman–Crippen LogP) is 5.63. The number of rotatable bonds is 5. The molecule has 0 unspecified atom stereocenters. The van der Waals surface area contributed by atoms with Crippen molar-refractivity contribution in [3.8, 4) is 11.1 Å². The van der Waals surface area contributed by atoms with E-state index >= 15 is 0 Å². The van der Waals surface area contributed by atoms with Gasteiger partial charge in [-0.3, -0.25) is 0 Å². The van der Waals surface area contributed by atoms with Crippen molar-refractivity contribution < 1.29 is 13.9 Å². The largest absolute Gasteiger partial charge is 0.396 e. The number of hydrogen-bond acceptors (Lipinski definition) is 1. The van der Waals surface area contributed by atoms with Crippen molar-refractivity contribution in [2.24, 2.45) is 5.92 Å². The highest BCUT2D eigenvalue weighted by Gasteiger charge is 2.20. The van der Waals surface area contributed by atoms with Gasteiger partial charge >= 0.3 is 0 Å². The lowest BCUT2D eigenvalue weighted by molar-refractivity contribution is 0.295. The van der Waals surface area contributed by atoms with Gasteiger partial charge in [0.1, 0.15) is 11.6 Å². The molecule has 1 aliphatic carbocycles. The maximum atomic E-state index is 14.1. The summed E-state index contributed by atoms with van der Waals surface area (Å²) in [7, 11) is 0. The van der Waals surface area contributed by atoms with E-state index in [9.17, 15) is 8.78 Å². The lowest BCUT2D eigenvalue weighted by atomic mass is 9.78. The summed E-state index contributed by atoms with van der Waals surface area (Å²) in [6.45, 7) is 3.62. The minimum atomic E-state index is -0.601. The molecule has 1 N–H and O–H groups in total. The van der Waals surface area contributed by atoms with Crippen LogP contribution in [0.15, 0.2) is 49.1 Å². The molecule has 0 amide bonds. The van der Waals surface area contributed by atoms with Crippen LogP contribution in [0.3, 0.4) is 0 Å². The summed E-state index contributed by atoms with van der Waals surface area (Å²) in [5.41, 5.74) is 2.57. The topological polar surface area (TPSA) is 20.2 Å². The molecule has 0 heterocycles. The monoisotopic (exact) mass is 342 g/mol. The summed E-state index contributed by atoms with van der Waals surface area (Å²) in [5, 5.41) is 8.90. The second-order valence-electron chi connectivity index (χ2n) is 6.86. The van der Waals surface area contributed by atoms with Gasteiger partial charge in [0.05, 0.1) is 0 Å². The van der Waals surface area contributed by atoms with Crippen molar-refractivity contribution in [3.63, 3.8) is 0 Å². The third-order valence-electron chi connectivity index (χ3n) is 5.32. The molecule has 0 bridgehead atoms. The lowest BCUT2D eigenvalue weighted by Crippen LogP contribution is -2.11. The van der Waals surface area contributed by atoms with Crippen LogP contribution in [0, 0.1) is 17.6 Å². The summed E-state index contributed by atoms with van der Waals surface area (Å²) in [5.74, 6) is -0.00342. The highest BCUT2D eigenvalue weighted by Crippen LogP contribution is 2.37. The van der Waals surface area contributed by atoms with Crippen LogP contribution in [-0.2, 0) is 6.42 Å². The summed E-state index contributed by atoms with van der Waals surface area (Å²) in [6, 6.07) is 10.7. The molecule has 1 fully saturated rings. The van der Waals surface area contributed by atoms with Crippen LogP contribution in [0.25, 0.3) is 11.1 Å². The number of aliphatic hydroxyl groups is 1. The van der Waals surface area contributed by atoms with E-state index in [1.165, 1.54) is 30.5 Å². The highest BCUT2D eigenvalue weighted by molar-refractivity contribution is 5.64. The second-order valence-corrected chi connectivity index (χ2v) is 6.86. The molecule has 3 rings (SSSR count).